The van der Waals surface area contributed by atoms with E-state index in [-0.39, 0.29) is 0 Å². The lowest BCUT2D eigenvalue weighted by molar-refractivity contribution is 0.198. The highest BCUT2D eigenvalue weighted by molar-refractivity contribution is 14.1. The quantitative estimate of drug-likeness (QED) is 0.786. The highest BCUT2D eigenvalue weighted by atomic mass is 127. The maximum atomic E-state index is 4.41. The standard InChI is InChI=1S/C13H20IN3/c1-3-13(4-2)5-7-17(8-6-13)12-15-9-11(14)10-16-12/h9-10H,3-8H2,1-2H3. The summed E-state index contributed by atoms with van der Waals surface area (Å²) >= 11 is 2.24. The zero-order valence-electron chi connectivity index (χ0n) is 10.6. The van der Waals surface area contributed by atoms with Crippen LogP contribution in [0, 0.1) is 8.99 Å². The summed E-state index contributed by atoms with van der Waals surface area (Å²) in [7, 11) is 0. The summed E-state index contributed by atoms with van der Waals surface area (Å²) in [6, 6.07) is 0. The average molecular weight is 345 g/mol. The molecule has 0 amide bonds. The van der Waals surface area contributed by atoms with Crippen molar-refractivity contribution in [1.29, 1.82) is 0 Å². The highest BCUT2D eigenvalue weighted by Gasteiger charge is 2.31. The van der Waals surface area contributed by atoms with E-state index in [9.17, 15) is 0 Å². The van der Waals surface area contributed by atoms with Crippen LogP contribution in [0.5, 0.6) is 0 Å². The van der Waals surface area contributed by atoms with Crippen molar-refractivity contribution in [3.05, 3.63) is 16.0 Å². The Morgan fingerprint density at radius 2 is 1.71 bits per heavy atom. The van der Waals surface area contributed by atoms with E-state index in [1.807, 2.05) is 12.4 Å². The van der Waals surface area contributed by atoms with Crippen molar-refractivity contribution >= 4 is 28.5 Å². The average Bonchev–Trinajstić information content (AvgIpc) is 2.40. The molecule has 0 aromatic carbocycles. The summed E-state index contributed by atoms with van der Waals surface area (Å²) in [4.78, 5) is 11.1. The first-order valence-corrected chi connectivity index (χ1v) is 7.49. The predicted octanol–water partition coefficient (Wildman–Crippen LogP) is 3.49. The van der Waals surface area contributed by atoms with Gasteiger partial charge in [0.05, 0.1) is 0 Å². The van der Waals surface area contributed by atoms with Crippen LogP contribution in [0.25, 0.3) is 0 Å². The van der Waals surface area contributed by atoms with Gasteiger partial charge in [-0.1, -0.05) is 26.7 Å². The van der Waals surface area contributed by atoms with Crippen LogP contribution < -0.4 is 4.90 Å². The number of halogens is 1. The molecule has 0 unspecified atom stereocenters. The monoisotopic (exact) mass is 345 g/mol. The Bertz CT molecular complexity index is 349. The Balaban J connectivity index is 2.01. The minimum Gasteiger partial charge on any atom is -0.341 e. The Hall–Kier alpha value is -0.390. The maximum Gasteiger partial charge on any atom is 0.225 e. The van der Waals surface area contributed by atoms with Crippen molar-refractivity contribution in [3.8, 4) is 0 Å². The largest absolute Gasteiger partial charge is 0.341 e. The first-order valence-electron chi connectivity index (χ1n) is 6.41. The molecule has 0 aliphatic carbocycles. The SMILES string of the molecule is CCC1(CC)CCN(c2ncc(I)cn2)CC1. The van der Waals surface area contributed by atoms with Crippen molar-refractivity contribution in [2.24, 2.45) is 5.41 Å². The number of nitrogens with zero attached hydrogens (tertiary/aromatic N) is 3. The Morgan fingerprint density at radius 3 is 2.18 bits per heavy atom. The van der Waals surface area contributed by atoms with Crippen LogP contribution in [-0.4, -0.2) is 23.1 Å². The third kappa shape index (κ3) is 2.89. The van der Waals surface area contributed by atoms with Crippen molar-refractivity contribution in [2.75, 3.05) is 18.0 Å². The lowest BCUT2D eigenvalue weighted by Gasteiger charge is -2.40. The van der Waals surface area contributed by atoms with E-state index in [2.05, 4.69) is 51.3 Å². The van der Waals surface area contributed by atoms with Crippen LogP contribution in [0.4, 0.5) is 5.95 Å². The van der Waals surface area contributed by atoms with E-state index >= 15 is 0 Å². The molecular formula is C13H20IN3. The number of anilines is 1. The molecular weight excluding hydrogens is 325 g/mol. The topological polar surface area (TPSA) is 29.0 Å². The fourth-order valence-electron chi connectivity index (χ4n) is 2.61. The van der Waals surface area contributed by atoms with E-state index in [0.29, 0.717) is 5.41 Å². The number of hydrogen-bond donors (Lipinski definition) is 0. The van der Waals surface area contributed by atoms with Gasteiger partial charge < -0.3 is 4.90 Å². The molecule has 4 heteroatoms. The van der Waals surface area contributed by atoms with Gasteiger partial charge in [-0.15, -0.1) is 0 Å². The van der Waals surface area contributed by atoms with Crippen molar-refractivity contribution in [2.45, 2.75) is 39.5 Å². The van der Waals surface area contributed by atoms with Gasteiger partial charge in [-0.25, -0.2) is 9.97 Å². The summed E-state index contributed by atoms with van der Waals surface area (Å²) < 4.78 is 1.10. The Morgan fingerprint density at radius 1 is 1.18 bits per heavy atom. The third-order valence-electron chi connectivity index (χ3n) is 4.21. The summed E-state index contributed by atoms with van der Waals surface area (Å²) in [5.74, 6) is 0.895. The second-order valence-corrected chi connectivity index (χ2v) is 6.14. The van der Waals surface area contributed by atoms with Crippen molar-refractivity contribution in [1.82, 2.24) is 9.97 Å². The van der Waals surface area contributed by atoms with Gasteiger partial charge in [0.1, 0.15) is 0 Å². The molecule has 1 aromatic rings. The van der Waals surface area contributed by atoms with E-state index in [1.54, 1.807) is 0 Å². The zero-order chi connectivity index (χ0) is 12.3. The van der Waals surface area contributed by atoms with Crippen LogP contribution in [0.15, 0.2) is 12.4 Å². The molecule has 0 atom stereocenters. The Labute approximate surface area is 117 Å². The zero-order valence-corrected chi connectivity index (χ0v) is 12.8. The van der Waals surface area contributed by atoms with Crippen molar-refractivity contribution < 1.29 is 0 Å². The molecule has 1 aliphatic heterocycles. The first kappa shape index (κ1) is 13.1. The number of hydrogen-bond acceptors (Lipinski definition) is 3. The lowest BCUT2D eigenvalue weighted by Crippen LogP contribution is -2.40. The smallest absolute Gasteiger partial charge is 0.225 e. The van der Waals surface area contributed by atoms with E-state index in [4.69, 9.17) is 0 Å². The summed E-state index contributed by atoms with van der Waals surface area (Å²) in [5.41, 5.74) is 0.569. The molecule has 17 heavy (non-hydrogen) atoms. The van der Waals surface area contributed by atoms with Gasteiger partial charge >= 0.3 is 0 Å². The third-order valence-corrected chi connectivity index (χ3v) is 4.77. The fraction of sp³-hybridized carbons (Fsp3) is 0.692. The van der Waals surface area contributed by atoms with E-state index < -0.39 is 0 Å². The van der Waals surface area contributed by atoms with Gasteiger partial charge in [-0.2, -0.15) is 0 Å². The molecule has 0 bridgehead atoms. The van der Waals surface area contributed by atoms with Crippen LogP contribution in [0.2, 0.25) is 0 Å². The molecule has 0 N–H and O–H groups in total. The van der Waals surface area contributed by atoms with Crippen LogP contribution in [0.3, 0.4) is 0 Å². The highest BCUT2D eigenvalue weighted by Crippen LogP contribution is 2.38. The predicted molar refractivity (Wildman–Crippen MR) is 79.2 cm³/mol. The maximum absolute atomic E-state index is 4.41. The van der Waals surface area contributed by atoms with E-state index in [0.717, 1.165) is 22.6 Å². The van der Waals surface area contributed by atoms with Crippen molar-refractivity contribution in [3.63, 3.8) is 0 Å². The molecule has 1 fully saturated rings. The number of rotatable bonds is 3. The van der Waals surface area contributed by atoms with Gasteiger partial charge in [-0.05, 0) is 40.8 Å². The number of piperidine rings is 1. The summed E-state index contributed by atoms with van der Waals surface area (Å²) in [6.07, 6.45) is 8.93. The van der Waals surface area contributed by atoms with Crippen LogP contribution >= 0.6 is 22.6 Å². The molecule has 2 heterocycles. The summed E-state index contributed by atoms with van der Waals surface area (Å²) in [5, 5.41) is 0. The second-order valence-electron chi connectivity index (χ2n) is 4.90. The first-order chi connectivity index (χ1) is 8.19. The molecule has 0 radical (unpaired) electrons. The van der Waals surface area contributed by atoms with Crippen LogP contribution in [-0.2, 0) is 0 Å². The van der Waals surface area contributed by atoms with Gasteiger partial charge in [0.15, 0.2) is 0 Å². The normalized spacial score (nSPS) is 19.4. The molecule has 0 spiro atoms. The van der Waals surface area contributed by atoms with Crippen LogP contribution in [0.1, 0.15) is 39.5 Å². The molecule has 1 saturated heterocycles. The van der Waals surface area contributed by atoms with Gasteiger partial charge in [0.25, 0.3) is 0 Å². The number of aromatic nitrogens is 2. The molecule has 3 nitrogen and oxygen atoms in total. The molecule has 1 aromatic heterocycles. The molecule has 94 valence electrons. The second kappa shape index (κ2) is 5.50. The fourth-order valence-corrected chi connectivity index (χ4v) is 2.89. The Kier molecular flexibility index (Phi) is 4.22. The minimum absolute atomic E-state index is 0.569. The molecule has 1 aliphatic rings. The molecule has 2 rings (SSSR count). The molecule has 0 saturated carbocycles. The van der Waals surface area contributed by atoms with Gasteiger partial charge in [0.2, 0.25) is 5.95 Å². The van der Waals surface area contributed by atoms with E-state index in [1.165, 1.54) is 25.7 Å². The lowest BCUT2D eigenvalue weighted by atomic mass is 9.74. The minimum atomic E-state index is 0.569. The summed E-state index contributed by atoms with van der Waals surface area (Å²) in [6.45, 7) is 6.84. The van der Waals surface area contributed by atoms with Gasteiger partial charge in [-0.3, -0.25) is 0 Å². The van der Waals surface area contributed by atoms with Gasteiger partial charge in [0, 0.05) is 29.1 Å².